The average Bonchev–Trinajstić information content (AvgIpc) is 2.81. The van der Waals surface area contributed by atoms with Gasteiger partial charge >= 0.3 is 0 Å². The Hall–Kier alpha value is -3.21. The fourth-order valence-electron chi connectivity index (χ4n) is 3.36. The first-order valence-electron chi connectivity index (χ1n) is 8.32. The number of anilines is 1. The molecule has 0 radical (unpaired) electrons. The number of para-hydroxylation sites is 1. The van der Waals surface area contributed by atoms with Crippen molar-refractivity contribution in [1.82, 2.24) is 0 Å². The number of carbonyl (C=O) groups excluding carboxylic acids is 1. The first-order chi connectivity index (χ1) is 12.3. The molecule has 0 N–H and O–H groups in total. The van der Waals surface area contributed by atoms with Gasteiger partial charge in [0.2, 0.25) is 0 Å². The van der Waals surface area contributed by atoms with Crippen LogP contribution in [0, 0.1) is 10.1 Å². The normalized spacial score (nSPS) is 16.9. The molecule has 5 heteroatoms. The first-order valence-corrected chi connectivity index (χ1v) is 8.32. The van der Waals surface area contributed by atoms with Crippen molar-refractivity contribution in [3.05, 3.63) is 87.6 Å². The smallest absolute Gasteiger partial charge is 0.270 e. The molecule has 2 aromatic carbocycles. The van der Waals surface area contributed by atoms with Gasteiger partial charge in [-0.05, 0) is 23.3 Å². The maximum Gasteiger partial charge on any atom is 0.270 e. The predicted molar refractivity (Wildman–Crippen MR) is 103 cm³/mol. The first kappa shape index (κ1) is 17.6. The Morgan fingerprint density at radius 3 is 2.58 bits per heavy atom. The molecule has 1 aliphatic heterocycles. The van der Waals surface area contributed by atoms with Crippen molar-refractivity contribution in [2.75, 3.05) is 11.9 Å². The number of nitrogens with zero attached hydrogens (tertiary/aromatic N) is 2. The van der Waals surface area contributed by atoms with Crippen molar-refractivity contribution in [3.63, 3.8) is 0 Å². The fraction of sp³-hybridized carbons (Fsp3) is 0.190. The molecule has 0 aromatic heterocycles. The SMILES string of the molecule is CN1/C(=C/C(=O)/C=C/c2cccc([N+](=O)[O-])c2)C(C)(C)c2ccccc21. The molecule has 0 aliphatic carbocycles. The largest absolute Gasteiger partial charge is 0.347 e. The second-order valence-corrected chi connectivity index (χ2v) is 6.82. The predicted octanol–water partition coefficient (Wildman–Crippen LogP) is 4.49. The zero-order valence-corrected chi connectivity index (χ0v) is 15.0. The van der Waals surface area contributed by atoms with Gasteiger partial charge in [0.15, 0.2) is 5.78 Å². The highest BCUT2D eigenvalue weighted by Gasteiger charge is 2.38. The summed E-state index contributed by atoms with van der Waals surface area (Å²) in [6, 6.07) is 14.3. The summed E-state index contributed by atoms with van der Waals surface area (Å²) in [5, 5.41) is 10.8. The molecule has 3 rings (SSSR count). The Labute approximate surface area is 152 Å². The minimum Gasteiger partial charge on any atom is -0.347 e. The van der Waals surface area contributed by atoms with Crippen molar-refractivity contribution in [2.24, 2.45) is 0 Å². The number of likely N-dealkylation sites (N-methyl/N-ethyl adjacent to an activating group) is 1. The van der Waals surface area contributed by atoms with Crippen molar-refractivity contribution in [3.8, 4) is 0 Å². The summed E-state index contributed by atoms with van der Waals surface area (Å²) in [5.74, 6) is -0.153. The molecule has 2 aromatic rings. The van der Waals surface area contributed by atoms with Crippen LogP contribution in [0.5, 0.6) is 0 Å². The number of allylic oxidation sites excluding steroid dienone is 3. The van der Waals surface area contributed by atoms with Crippen molar-refractivity contribution in [2.45, 2.75) is 19.3 Å². The van der Waals surface area contributed by atoms with Crippen LogP contribution in [0.4, 0.5) is 11.4 Å². The number of hydrogen-bond donors (Lipinski definition) is 0. The van der Waals surface area contributed by atoms with Gasteiger partial charge in [0.05, 0.1) is 4.92 Å². The summed E-state index contributed by atoms with van der Waals surface area (Å²) < 4.78 is 0. The average molecular weight is 348 g/mol. The van der Waals surface area contributed by atoms with Crippen LogP contribution < -0.4 is 4.90 Å². The van der Waals surface area contributed by atoms with E-state index in [-0.39, 0.29) is 16.9 Å². The van der Waals surface area contributed by atoms with Crippen molar-refractivity contribution < 1.29 is 9.72 Å². The number of non-ortho nitro benzene ring substituents is 1. The van der Waals surface area contributed by atoms with E-state index >= 15 is 0 Å². The van der Waals surface area contributed by atoms with E-state index in [0.717, 1.165) is 11.4 Å². The van der Waals surface area contributed by atoms with Gasteiger partial charge in [-0.3, -0.25) is 14.9 Å². The van der Waals surface area contributed by atoms with E-state index < -0.39 is 4.92 Å². The van der Waals surface area contributed by atoms with Crippen LogP contribution in [0.2, 0.25) is 0 Å². The molecule has 0 unspecified atom stereocenters. The van der Waals surface area contributed by atoms with Gasteiger partial charge < -0.3 is 4.90 Å². The molecule has 0 saturated carbocycles. The van der Waals surface area contributed by atoms with Gasteiger partial charge in [0, 0.05) is 42.1 Å². The lowest BCUT2D eigenvalue weighted by Gasteiger charge is -2.23. The van der Waals surface area contributed by atoms with E-state index in [0.29, 0.717) is 5.56 Å². The van der Waals surface area contributed by atoms with E-state index in [1.165, 1.54) is 23.8 Å². The summed E-state index contributed by atoms with van der Waals surface area (Å²) in [6.45, 7) is 4.19. The van der Waals surface area contributed by atoms with Gasteiger partial charge in [0.1, 0.15) is 0 Å². The Bertz CT molecular complexity index is 942. The molecule has 132 valence electrons. The fourth-order valence-corrected chi connectivity index (χ4v) is 3.36. The maximum absolute atomic E-state index is 12.5. The maximum atomic E-state index is 12.5. The molecule has 0 fully saturated rings. The lowest BCUT2D eigenvalue weighted by molar-refractivity contribution is -0.384. The van der Waals surface area contributed by atoms with E-state index in [9.17, 15) is 14.9 Å². The number of rotatable bonds is 4. The second kappa shape index (κ2) is 6.59. The van der Waals surface area contributed by atoms with Crippen LogP contribution in [-0.2, 0) is 10.2 Å². The molecular formula is C21H20N2O3. The van der Waals surface area contributed by atoms with Gasteiger partial charge in [-0.25, -0.2) is 0 Å². The molecule has 26 heavy (non-hydrogen) atoms. The third-order valence-corrected chi connectivity index (χ3v) is 4.74. The number of nitro groups is 1. The number of carbonyl (C=O) groups is 1. The monoisotopic (exact) mass is 348 g/mol. The molecule has 0 bridgehead atoms. The molecule has 0 amide bonds. The molecule has 1 heterocycles. The number of fused-ring (bicyclic) bond motifs is 1. The Kier molecular flexibility index (Phi) is 4.47. The Morgan fingerprint density at radius 2 is 1.88 bits per heavy atom. The molecule has 5 nitrogen and oxygen atoms in total. The van der Waals surface area contributed by atoms with E-state index in [4.69, 9.17) is 0 Å². The molecule has 0 atom stereocenters. The van der Waals surface area contributed by atoms with E-state index in [2.05, 4.69) is 19.9 Å². The zero-order valence-electron chi connectivity index (χ0n) is 15.0. The Balaban J connectivity index is 1.86. The van der Waals surface area contributed by atoms with Gasteiger partial charge in [-0.2, -0.15) is 0 Å². The zero-order chi connectivity index (χ0) is 18.9. The molecular weight excluding hydrogens is 328 g/mol. The number of benzene rings is 2. The lowest BCUT2D eigenvalue weighted by Crippen LogP contribution is -2.23. The van der Waals surface area contributed by atoms with Crippen LogP contribution in [0.3, 0.4) is 0 Å². The minimum absolute atomic E-state index is 0.00469. The molecule has 1 aliphatic rings. The van der Waals surface area contributed by atoms with Crippen LogP contribution in [0.25, 0.3) is 6.08 Å². The Morgan fingerprint density at radius 1 is 1.15 bits per heavy atom. The van der Waals surface area contributed by atoms with Gasteiger partial charge in [-0.1, -0.05) is 50.3 Å². The summed E-state index contributed by atoms with van der Waals surface area (Å²) in [5.41, 5.74) is 3.56. The quantitative estimate of drug-likeness (QED) is 0.464. The highest BCUT2D eigenvalue weighted by molar-refractivity contribution is 6.03. The third-order valence-electron chi connectivity index (χ3n) is 4.74. The number of hydrogen-bond acceptors (Lipinski definition) is 4. The van der Waals surface area contributed by atoms with Crippen LogP contribution in [0.1, 0.15) is 25.0 Å². The third kappa shape index (κ3) is 3.16. The highest BCUT2D eigenvalue weighted by atomic mass is 16.6. The molecule has 0 spiro atoms. The van der Waals surface area contributed by atoms with Crippen LogP contribution >= 0.6 is 0 Å². The number of ketones is 1. The van der Waals surface area contributed by atoms with E-state index in [1.54, 1.807) is 24.3 Å². The van der Waals surface area contributed by atoms with Gasteiger partial charge in [-0.15, -0.1) is 0 Å². The standard InChI is InChI=1S/C21H20N2O3/c1-21(2)18-9-4-5-10-19(18)22(3)20(21)14-17(24)12-11-15-7-6-8-16(13-15)23(25)26/h4-14H,1-3H3/b12-11+,20-14+. The molecule has 0 saturated heterocycles. The van der Waals surface area contributed by atoms with Crippen molar-refractivity contribution in [1.29, 1.82) is 0 Å². The lowest BCUT2D eigenvalue weighted by atomic mass is 9.83. The topological polar surface area (TPSA) is 63.5 Å². The van der Waals surface area contributed by atoms with Crippen molar-refractivity contribution >= 4 is 23.2 Å². The van der Waals surface area contributed by atoms with Gasteiger partial charge in [0.25, 0.3) is 5.69 Å². The number of nitro benzene ring substituents is 1. The summed E-state index contributed by atoms with van der Waals surface area (Å²) in [7, 11) is 1.96. The van der Waals surface area contributed by atoms with Crippen LogP contribution in [-0.4, -0.2) is 17.8 Å². The summed E-state index contributed by atoms with van der Waals surface area (Å²) in [6.07, 6.45) is 4.67. The summed E-state index contributed by atoms with van der Waals surface area (Å²) in [4.78, 5) is 24.9. The minimum atomic E-state index is -0.450. The summed E-state index contributed by atoms with van der Waals surface area (Å²) >= 11 is 0. The second-order valence-electron chi connectivity index (χ2n) is 6.82. The van der Waals surface area contributed by atoms with E-state index in [1.807, 2.05) is 30.1 Å². The highest BCUT2D eigenvalue weighted by Crippen LogP contribution is 2.46. The van der Waals surface area contributed by atoms with Crippen LogP contribution in [0.15, 0.2) is 66.4 Å².